The van der Waals surface area contributed by atoms with Crippen LogP contribution in [0.2, 0.25) is 0 Å². The molecule has 0 unspecified atom stereocenters. The molecule has 1 aromatic heterocycles. The summed E-state index contributed by atoms with van der Waals surface area (Å²) in [5.41, 5.74) is 0.618. The summed E-state index contributed by atoms with van der Waals surface area (Å²) in [7, 11) is 1.59. The highest BCUT2D eigenvalue weighted by Crippen LogP contribution is 2.18. The number of amides is 2. The van der Waals surface area contributed by atoms with E-state index in [-0.39, 0.29) is 18.2 Å². The van der Waals surface area contributed by atoms with Crippen LogP contribution >= 0.6 is 11.3 Å². The van der Waals surface area contributed by atoms with Gasteiger partial charge in [-0.15, -0.1) is 0 Å². The molecule has 0 saturated carbocycles. The van der Waals surface area contributed by atoms with Crippen molar-refractivity contribution in [2.45, 2.75) is 6.42 Å². The third kappa shape index (κ3) is 5.92. The van der Waals surface area contributed by atoms with E-state index >= 15 is 0 Å². The van der Waals surface area contributed by atoms with Crippen molar-refractivity contribution in [1.82, 2.24) is 10.6 Å². The van der Waals surface area contributed by atoms with Crippen LogP contribution in [0.1, 0.15) is 16.8 Å². The standard InChI is InChI=1S/C17H20N2O4S/c1-22-14-3-2-4-15(11-14)23-9-8-18-16(20)5-7-19-17(21)13-6-10-24-12-13/h2-4,6,10-12H,5,7-9H2,1H3,(H,18,20)(H,19,21). The summed E-state index contributed by atoms with van der Waals surface area (Å²) in [4.78, 5) is 23.4. The number of hydrogen-bond acceptors (Lipinski definition) is 5. The predicted molar refractivity (Wildman–Crippen MR) is 92.8 cm³/mol. The fraction of sp³-hybridized carbons (Fsp3) is 0.294. The lowest BCUT2D eigenvalue weighted by atomic mass is 10.3. The number of benzene rings is 1. The zero-order valence-corrected chi connectivity index (χ0v) is 14.2. The number of hydrogen-bond donors (Lipinski definition) is 2. The van der Waals surface area contributed by atoms with Crippen LogP contribution in [-0.2, 0) is 4.79 Å². The third-order valence-electron chi connectivity index (χ3n) is 3.16. The van der Waals surface area contributed by atoms with Crippen molar-refractivity contribution < 1.29 is 19.1 Å². The molecule has 1 aromatic carbocycles. The van der Waals surface area contributed by atoms with Gasteiger partial charge in [0.15, 0.2) is 0 Å². The van der Waals surface area contributed by atoms with Crippen molar-refractivity contribution in [3.8, 4) is 11.5 Å². The Kier molecular flexibility index (Phi) is 7.10. The lowest BCUT2D eigenvalue weighted by molar-refractivity contribution is -0.121. The van der Waals surface area contributed by atoms with Gasteiger partial charge in [-0.1, -0.05) is 6.07 Å². The number of rotatable bonds is 9. The van der Waals surface area contributed by atoms with Crippen LogP contribution in [0, 0.1) is 0 Å². The van der Waals surface area contributed by atoms with Gasteiger partial charge in [0.05, 0.1) is 13.7 Å². The topological polar surface area (TPSA) is 76.7 Å². The Hall–Kier alpha value is -2.54. The van der Waals surface area contributed by atoms with Crippen molar-refractivity contribution in [1.29, 1.82) is 0 Å². The molecule has 6 nitrogen and oxygen atoms in total. The summed E-state index contributed by atoms with van der Waals surface area (Å²) in [6, 6.07) is 9.02. The Morgan fingerprint density at radius 1 is 1.12 bits per heavy atom. The normalized spacial score (nSPS) is 10.0. The molecule has 0 radical (unpaired) electrons. The molecule has 0 aliphatic heterocycles. The third-order valence-corrected chi connectivity index (χ3v) is 3.84. The number of methoxy groups -OCH3 is 1. The first-order valence-electron chi connectivity index (χ1n) is 7.53. The fourth-order valence-electron chi connectivity index (χ4n) is 1.92. The second kappa shape index (κ2) is 9.57. The molecule has 128 valence electrons. The minimum absolute atomic E-state index is 0.130. The second-order valence-electron chi connectivity index (χ2n) is 4.90. The van der Waals surface area contributed by atoms with Gasteiger partial charge in [-0.2, -0.15) is 11.3 Å². The van der Waals surface area contributed by atoms with Gasteiger partial charge in [0.2, 0.25) is 5.91 Å². The first-order valence-corrected chi connectivity index (χ1v) is 8.47. The molecule has 1 heterocycles. The fourth-order valence-corrected chi connectivity index (χ4v) is 2.56. The highest BCUT2D eigenvalue weighted by molar-refractivity contribution is 7.08. The van der Waals surface area contributed by atoms with Crippen LogP contribution in [0.4, 0.5) is 0 Å². The molecule has 24 heavy (non-hydrogen) atoms. The first-order chi connectivity index (χ1) is 11.7. The van der Waals surface area contributed by atoms with Crippen molar-refractivity contribution in [3.63, 3.8) is 0 Å². The number of carbonyl (C=O) groups is 2. The van der Waals surface area contributed by atoms with Gasteiger partial charge in [-0.25, -0.2) is 0 Å². The number of ether oxygens (including phenoxy) is 2. The Labute approximate surface area is 144 Å². The van der Waals surface area contributed by atoms with Gasteiger partial charge < -0.3 is 20.1 Å². The highest BCUT2D eigenvalue weighted by Gasteiger charge is 2.06. The maximum absolute atomic E-state index is 11.7. The number of carbonyl (C=O) groups excluding carboxylic acids is 2. The molecule has 0 aliphatic carbocycles. The summed E-state index contributed by atoms with van der Waals surface area (Å²) in [6.45, 7) is 1.06. The summed E-state index contributed by atoms with van der Waals surface area (Å²) in [6.07, 6.45) is 0.231. The SMILES string of the molecule is COc1cccc(OCCNC(=O)CCNC(=O)c2ccsc2)c1. The molecule has 2 rings (SSSR count). The maximum atomic E-state index is 11.7. The van der Waals surface area contributed by atoms with Crippen LogP contribution in [-0.4, -0.2) is 38.6 Å². The molecule has 0 saturated heterocycles. The van der Waals surface area contributed by atoms with Gasteiger partial charge in [0, 0.05) is 30.0 Å². The van der Waals surface area contributed by atoms with Crippen LogP contribution in [0.15, 0.2) is 41.1 Å². The number of nitrogens with one attached hydrogen (secondary N) is 2. The molecule has 7 heteroatoms. The first kappa shape index (κ1) is 17.8. The maximum Gasteiger partial charge on any atom is 0.252 e. The van der Waals surface area contributed by atoms with Crippen LogP contribution in [0.5, 0.6) is 11.5 Å². The molecule has 2 amide bonds. The van der Waals surface area contributed by atoms with E-state index in [0.717, 1.165) is 5.75 Å². The molecule has 0 spiro atoms. The van der Waals surface area contributed by atoms with E-state index < -0.39 is 0 Å². The van der Waals surface area contributed by atoms with E-state index in [1.165, 1.54) is 11.3 Å². The molecule has 0 aliphatic rings. The highest BCUT2D eigenvalue weighted by atomic mass is 32.1. The Balaban J connectivity index is 1.57. The average molecular weight is 348 g/mol. The van der Waals surface area contributed by atoms with Crippen molar-refractivity contribution in [2.75, 3.05) is 26.8 Å². The largest absolute Gasteiger partial charge is 0.497 e. The monoisotopic (exact) mass is 348 g/mol. The molecule has 0 fully saturated rings. The smallest absolute Gasteiger partial charge is 0.252 e. The summed E-state index contributed by atoms with van der Waals surface area (Å²) in [5, 5.41) is 9.06. The molecule has 0 bridgehead atoms. The van der Waals surface area contributed by atoms with E-state index in [0.29, 0.717) is 31.0 Å². The van der Waals surface area contributed by atoms with Crippen LogP contribution in [0.3, 0.4) is 0 Å². The zero-order chi connectivity index (χ0) is 17.2. The zero-order valence-electron chi connectivity index (χ0n) is 13.4. The lowest BCUT2D eigenvalue weighted by Crippen LogP contribution is -2.32. The Morgan fingerprint density at radius 3 is 2.71 bits per heavy atom. The van der Waals surface area contributed by atoms with E-state index in [4.69, 9.17) is 9.47 Å². The summed E-state index contributed by atoms with van der Waals surface area (Å²) >= 11 is 1.46. The lowest BCUT2D eigenvalue weighted by Gasteiger charge is -2.09. The van der Waals surface area contributed by atoms with Gasteiger partial charge in [-0.3, -0.25) is 9.59 Å². The average Bonchev–Trinajstić information content (AvgIpc) is 3.13. The van der Waals surface area contributed by atoms with E-state index in [2.05, 4.69) is 10.6 Å². The van der Waals surface area contributed by atoms with Crippen LogP contribution < -0.4 is 20.1 Å². The Bertz CT molecular complexity index is 658. The second-order valence-corrected chi connectivity index (χ2v) is 5.68. The van der Waals surface area contributed by atoms with E-state index in [9.17, 15) is 9.59 Å². The summed E-state index contributed by atoms with van der Waals surface area (Å²) in [5.74, 6) is 1.12. The minimum Gasteiger partial charge on any atom is -0.497 e. The summed E-state index contributed by atoms with van der Waals surface area (Å²) < 4.78 is 10.6. The van der Waals surface area contributed by atoms with Crippen LogP contribution in [0.25, 0.3) is 0 Å². The molecule has 2 N–H and O–H groups in total. The van der Waals surface area contributed by atoms with Crippen molar-refractivity contribution >= 4 is 23.2 Å². The van der Waals surface area contributed by atoms with E-state index in [1.54, 1.807) is 24.6 Å². The van der Waals surface area contributed by atoms with Gasteiger partial charge in [-0.05, 0) is 23.6 Å². The number of thiophene rings is 1. The predicted octanol–water partition coefficient (Wildman–Crippen LogP) is 2.07. The van der Waals surface area contributed by atoms with Crippen molar-refractivity contribution in [3.05, 3.63) is 46.7 Å². The molecular formula is C17H20N2O4S. The van der Waals surface area contributed by atoms with Crippen molar-refractivity contribution in [2.24, 2.45) is 0 Å². The van der Waals surface area contributed by atoms with Gasteiger partial charge >= 0.3 is 0 Å². The van der Waals surface area contributed by atoms with E-state index in [1.807, 2.05) is 23.6 Å². The Morgan fingerprint density at radius 2 is 1.96 bits per heavy atom. The van der Waals surface area contributed by atoms with Gasteiger partial charge in [0.25, 0.3) is 5.91 Å². The van der Waals surface area contributed by atoms with Gasteiger partial charge in [0.1, 0.15) is 18.1 Å². The molecule has 2 aromatic rings. The molecule has 0 atom stereocenters. The molecular weight excluding hydrogens is 328 g/mol. The minimum atomic E-state index is -0.162. The quantitative estimate of drug-likeness (QED) is 0.680.